The van der Waals surface area contributed by atoms with Gasteiger partial charge in [0.15, 0.2) is 0 Å². The molecule has 1 fully saturated rings. The summed E-state index contributed by atoms with van der Waals surface area (Å²) < 4.78 is 25.2. The topological polar surface area (TPSA) is 41.8 Å². The number of benzene rings is 1. The smallest absolute Gasteiger partial charge is 0.214 e. The molecule has 0 bridgehead atoms. The minimum absolute atomic E-state index is 0.209. The summed E-state index contributed by atoms with van der Waals surface area (Å²) in [5, 5.41) is 0. The van der Waals surface area contributed by atoms with Crippen molar-refractivity contribution in [1.82, 2.24) is 4.31 Å². The van der Waals surface area contributed by atoms with Crippen LogP contribution in [0.1, 0.15) is 18.1 Å². The molecule has 2 rings (SSSR count). The van der Waals surface area contributed by atoms with Gasteiger partial charge in [0.2, 0.25) is 10.0 Å². The number of quaternary nitrogens is 1. The average Bonchev–Trinajstić information content (AvgIpc) is 2.39. The Hall–Kier alpha value is -0.910. The van der Waals surface area contributed by atoms with E-state index in [4.69, 9.17) is 0 Å². The molecule has 1 aliphatic heterocycles. The van der Waals surface area contributed by atoms with Crippen molar-refractivity contribution in [1.29, 1.82) is 0 Å². The van der Waals surface area contributed by atoms with E-state index >= 15 is 0 Å². The van der Waals surface area contributed by atoms with Crippen LogP contribution >= 0.6 is 0 Å². The van der Waals surface area contributed by atoms with Crippen molar-refractivity contribution in [3.63, 3.8) is 0 Å². The molecule has 0 spiro atoms. The van der Waals surface area contributed by atoms with Crippen LogP contribution in [0.2, 0.25) is 0 Å². The largest absolute Gasteiger partial charge is 0.329 e. The predicted molar refractivity (Wildman–Crippen MR) is 76.6 cm³/mol. The highest BCUT2D eigenvalue weighted by Crippen LogP contribution is 2.04. The fourth-order valence-corrected chi connectivity index (χ4v) is 3.65. The number of nitrogens with one attached hydrogen (secondary N) is 1. The van der Waals surface area contributed by atoms with Gasteiger partial charge in [-0.1, -0.05) is 29.8 Å². The number of nitrogens with zero attached hydrogens (tertiary/aromatic N) is 1. The Kier molecular flexibility index (Phi) is 4.60. The Morgan fingerprint density at radius 2 is 1.95 bits per heavy atom. The Labute approximate surface area is 116 Å². The molecule has 0 atom stereocenters. The first kappa shape index (κ1) is 14.5. The molecule has 19 heavy (non-hydrogen) atoms. The van der Waals surface area contributed by atoms with Gasteiger partial charge in [-0.2, -0.15) is 4.31 Å². The maximum absolute atomic E-state index is 11.8. The molecule has 1 saturated heterocycles. The minimum atomic E-state index is -3.00. The minimum Gasteiger partial charge on any atom is -0.329 e. The van der Waals surface area contributed by atoms with E-state index in [2.05, 4.69) is 31.2 Å². The Balaban J connectivity index is 1.91. The van der Waals surface area contributed by atoms with Crippen molar-refractivity contribution in [2.24, 2.45) is 0 Å². The van der Waals surface area contributed by atoms with Gasteiger partial charge in [-0.05, 0) is 13.8 Å². The zero-order valence-electron chi connectivity index (χ0n) is 11.7. The highest BCUT2D eigenvalue weighted by Gasteiger charge is 2.27. The number of rotatable bonds is 4. The lowest BCUT2D eigenvalue weighted by Gasteiger charge is -2.31. The number of piperazine rings is 1. The third-order valence-electron chi connectivity index (χ3n) is 3.72. The molecule has 0 amide bonds. The summed E-state index contributed by atoms with van der Waals surface area (Å²) in [6.07, 6.45) is 0. The Morgan fingerprint density at radius 3 is 2.53 bits per heavy atom. The molecule has 1 aromatic carbocycles. The number of hydrogen-bond acceptors (Lipinski definition) is 2. The highest BCUT2D eigenvalue weighted by molar-refractivity contribution is 7.89. The lowest BCUT2D eigenvalue weighted by Crippen LogP contribution is -3.13. The van der Waals surface area contributed by atoms with E-state index in [9.17, 15) is 8.42 Å². The molecule has 0 saturated carbocycles. The summed E-state index contributed by atoms with van der Waals surface area (Å²) in [6.45, 7) is 7.89. The molecular weight excluding hydrogens is 260 g/mol. The summed E-state index contributed by atoms with van der Waals surface area (Å²) >= 11 is 0. The lowest BCUT2D eigenvalue weighted by atomic mass is 10.1. The Morgan fingerprint density at radius 1 is 1.26 bits per heavy atom. The van der Waals surface area contributed by atoms with Gasteiger partial charge in [0.25, 0.3) is 0 Å². The Bertz CT molecular complexity index is 520. The first-order chi connectivity index (χ1) is 9.01. The predicted octanol–water partition coefficient (Wildman–Crippen LogP) is 0.0452. The molecule has 1 heterocycles. The summed E-state index contributed by atoms with van der Waals surface area (Å²) in [4.78, 5) is 1.47. The number of aryl methyl sites for hydroxylation is 1. The average molecular weight is 283 g/mol. The van der Waals surface area contributed by atoms with Crippen LogP contribution in [0.15, 0.2) is 24.3 Å². The van der Waals surface area contributed by atoms with E-state index in [1.165, 1.54) is 16.0 Å². The summed E-state index contributed by atoms with van der Waals surface area (Å²) in [6, 6.07) is 8.55. The van der Waals surface area contributed by atoms with Gasteiger partial charge in [0.1, 0.15) is 6.54 Å². The monoisotopic (exact) mass is 283 g/mol. The van der Waals surface area contributed by atoms with Gasteiger partial charge < -0.3 is 4.90 Å². The van der Waals surface area contributed by atoms with Crippen molar-refractivity contribution in [2.45, 2.75) is 20.4 Å². The van der Waals surface area contributed by atoms with Gasteiger partial charge in [0, 0.05) is 5.56 Å². The molecule has 4 nitrogen and oxygen atoms in total. The molecule has 0 radical (unpaired) electrons. The molecule has 1 N–H and O–H groups in total. The van der Waals surface area contributed by atoms with E-state index in [1.807, 2.05) is 0 Å². The lowest BCUT2D eigenvalue weighted by molar-refractivity contribution is -0.917. The van der Waals surface area contributed by atoms with Crippen LogP contribution < -0.4 is 4.90 Å². The standard InChI is InChI=1S/C14H22N2O2S/c1-3-19(17,18)16-9-7-15(8-10-16)12-14-6-4-5-13(2)11-14/h4-6,11H,3,7-10,12H2,1-2H3/p+1. The zero-order valence-corrected chi connectivity index (χ0v) is 12.5. The molecular formula is C14H23N2O2S+. The van der Waals surface area contributed by atoms with Crippen LogP contribution in [0, 0.1) is 6.92 Å². The molecule has 0 aromatic heterocycles. The van der Waals surface area contributed by atoms with Crippen molar-refractivity contribution in [2.75, 3.05) is 31.9 Å². The molecule has 1 aliphatic rings. The normalized spacial score (nSPS) is 18.6. The van der Waals surface area contributed by atoms with Crippen molar-refractivity contribution in [3.8, 4) is 0 Å². The maximum Gasteiger partial charge on any atom is 0.214 e. The number of sulfonamides is 1. The maximum atomic E-state index is 11.8. The SMILES string of the molecule is CCS(=O)(=O)N1CC[NH+](Cc2cccc(C)c2)CC1. The molecule has 0 unspecified atom stereocenters. The van der Waals surface area contributed by atoms with E-state index < -0.39 is 10.0 Å². The van der Waals surface area contributed by atoms with Crippen LogP contribution in [0.25, 0.3) is 0 Å². The van der Waals surface area contributed by atoms with Crippen LogP contribution in [-0.4, -0.2) is 44.7 Å². The van der Waals surface area contributed by atoms with Crippen LogP contribution in [0.5, 0.6) is 0 Å². The van der Waals surface area contributed by atoms with E-state index in [-0.39, 0.29) is 5.75 Å². The second-order valence-corrected chi connectivity index (χ2v) is 7.47. The fourth-order valence-electron chi connectivity index (χ4n) is 2.55. The summed E-state index contributed by atoms with van der Waals surface area (Å²) in [5.74, 6) is 0.209. The third-order valence-corrected chi connectivity index (χ3v) is 5.61. The first-order valence-electron chi connectivity index (χ1n) is 6.88. The second kappa shape index (κ2) is 6.03. The van der Waals surface area contributed by atoms with E-state index in [0.29, 0.717) is 13.1 Å². The van der Waals surface area contributed by atoms with E-state index in [1.54, 1.807) is 11.2 Å². The van der Waals surface area contributed by atoms with Gasteiger partial charge in [-0.15, -0.1) is 0 Å². The molecule has 106 valence electrons. The van der Waals surface area contributed by atoms with Crippen LogP contribution in [0.4, 0.5) is 0 Å². The number of hydrogen-bond donors (Lipinski definition) is 1. The summed E-state index contributed by atoms with van der Waals surface area (Å²) in [7, 11) is -3.00. The van der Waals surface area contributed by atoms with Gasteiger partial charge in [0.05, 0.1) is 31.9 Å². The molecule has 5 heteroatoms. The highest BCUT2D eigenvalue weighted by atomic mass is 32.2. The summed E-state index contributed by atoms with van der Waals surface area (Å²) in [5.41, 5.74) is 2.62. The van der Waals surface area contributed by atoms with E-state index in [0.717, 1.165) is 19.6 Å². The van der Waals surface area contributed by atoms with Crippen molar-refractivity contribution in [3.05, 3.63) is 35.4 Å². The second-order valence-electron chi connectivity index (χ2n) is 5.22. The third kappa shape index (κ3) is 3.78. The van der Waals surface area contributed by atoms with Crippen molar-refractivity contribution < 1.29 is 13.3 Å². The molecule has 1 aromatic rings. The van der Waals surface area contributed by atoms with Gasteiger partial charge in [-0.25, -0.2) is 8.42 Å². The van der Waals surface area contributed by atoms with Gasteiger partial charge >= 0.3 is 0 Å². The van der Waals surface area contributed by atoms with Crippen LogP contribution in [-0.2, 0) is 16.6 Å². The fraction of sp³-hybridized carbons (Fsp3) is 0.571. The quantitative estimate of drug-likeness (QED) is 0.848. The van der Waals surface area contributed by atoms with Crippen LogP contribution in [0.3, 0.4) is 0 Å². The zero-order chi connectivity index (χ0) is 13.9. The van der Waals surface area contributed by atoms with Gasteiger partial charge in [-0.3, -0.25) is 0 Å². The first-order valence-corrected chi connectivity index (χ1v) is 8.49. The van der Waals surface area contributed by atoms with Crippen molar-refractivity contribution >= 4 is 10.0 Å². The molecule has 0 aliphatic carbocycles.